The van der Waals surface area contributed by atoms with Gasteiger partial charge in [-0.05, 0) is 6.92 Å². The van der Waals surface area contributed by atoms with Crippen LogP contribution < -0.4 is 0 Å². The van der Waals surface area contributed by atoms with E-state index < -0.39 is 8.25 Å². The molecule has 0 amide bonds. The van der Waals surface area contributed by atoms with Crippen LogP contribution in [0.4, 0.5) is 0 Å². The predicted molar refractivity (Wildman–Crippen MR) is 27.3 cm³/mol. The molecule has 0 aliphatic carbocycles. The van der Waals surface area contributed by atoms with Crippen molar-refractivity contribution in [1.82, 2.24) is 0 Å². The molecule has 4 nitrogen and oxygen atoms in total. The standard InChI is InChI=1S/C3H6NO3P/c1-2-6-8(5)7-3-4/h8H,2H2,1H3. The Kier molecular flexibility index (Phi) is 4.33. The molecule has 0 fully saturated rings. The van der Waals surface area contributed by atoms with Crippen LogP contribution in [0.1, 0.15) is 6.92 Å². The quantitative estimate of drug-likeness (QED) is 0.426. The minimum atomic E-state index is -2.50. The van der Waals surface area contributed by atoms with E-state index in [1.807, 2.05) is 0 Å². The summed E-state index contributed by atoms with van der Waals surface area (Å²) in [5.41, 5.74) is 0. The van der Waals surface area contributed by atoms with Crippen LogP contribution in [0.25, 0.3) is 0 Å². The van der Waals surface area contributed by atoms with Gasteiger partial charge in [0.25, 0.3) is 6.26 Å². The van der Waals surface area contributed by atoms with Gasteiger partial charge >= 0.3 is 8.25 Å². The van der Waals surface area contributed by atoms with Crippen LogP contribution in [0.2, 0.25) is 0 Å². The number of rotatable bonds is 3. The van der Waals surface area contributed by atoms with Gasteiger partial charge in [-0.2, -0.15) is 0 Å². The van der Waals surface area contributed by atoms with Crippen molar-refractivity contribution >= 4 is 8.25 Å². The number of nitriles is 1. The van der Waals surface area contributed by atoms with E-state index in [9.17, 15) is 4.57 Å². The molecule has 0 aliphatic heterocycles. The normalized spacial score (nSPS) is 12.0. The van der Waals surface area contributed by atoms with Crippen LogP contribution in [0.3, 0.4) is 0 Å². The third-order valence-electron chi connectivity index (χ3n) is 0.391. The molecule has 0 aromatic carbocycles. The van der Waals surface area contributed by atoms with E-state index in [-0.39, 0.29) is 0 Å². The molecule has 46 valence electrons. The molecular formula is C3H6NO3P. The van der Waals surface area contributed by atoms with Crippen molar-refractivity contribution in [1.29, 1.82) is 5.26 Å². The van der Waals surface area contributed by atoms with E-state index >= 15 is 0 Å². The smallest absolute Gasteiger partial charge is 0.351 e. The first-order valence-corrected chi connectivity index (χ1v) is 3.26. The number of hydrogen-bond donors (Lipinski definition) is 0. The summed E-state index contributed by atoms with van der Waals surface area (Å²) in [7, 11) is -2.50. The molecule has 0 aromatic rings. The van der Waals surface area contributed by atoms with Crippen molar-refractivity contribution in [3.63, 3.8) is 0 Å². The minimum absolute atomic E-state index is 0.305. The van der Waals surface area contributed by atoms with E-state index in [0.29, 0.717) is 6.61 Å². The zero-order chi connectivity index (χ0) is 6.41. The van der Waals surface area contributed by atoms with Gasteiger partial charge in [0.1, 0.15) is 0 Å². The van der Waals surface area contributed by atoms with Crippen molar-refractivity contribution in [2.75, 3.05) is 6.61 Å². The summed E-state index contributed by atoms with van der Waals surface area (Å²) in [4.78, 5) is 0. The highest BCUT2D eigenvalue weighted by atomic mass is 31.1. The highest BCUT2D eigenvalue weighted by molar-refractivity contribution is 7.33. The second-order valence-electron chi connectivity index (χ2n) is 0.876. The zero-order valence-electron chi connectivity index (χ0n) is 4.38. The highest BCUT2D eigenvalue weighted by Crippen LogP contribution is 2.21. The minimum Gasteiger partial charge on any atom is -0.351 e. The monoisotopic (exact) mass is 135 g/mol. The van der Waals surface area contributed by atoms with Gasteiger partial charge in [0, 0.05) is 0 Å². The van der Waals surface area contributed by atoms with Crippen LogP contribution in [0, 0.1) is 11.5 Å². The Balaban J connectivity index is 3.23. The average Bonchev–Trinajstić information content (AvgIpc) is 1.68. The Morgan fingerprint density at radius 3 is 2.88 bits per heavy atom. The molecule has 1 unspecified atom stereocenters. The van der Waals surface area contributed by atoms with Crippen molar-refractivity contribution in [2.45, 2.75) is 6.92 Å². The first-order valence-electron chi connectivity index (χ1n) is 2.04. The maximum Gasteiger partial charge on any atom is 0.377 e. The maximum atomic E-state index is 10.2. The molecule has 1 atom stereocenters. The lowest BCUT2D eigenvalue weighted by Crippen LogP contribution is -1.76. The molecular weight excluding hydrogens is 129 g/mol. The summed E-state index contributed by atoms with van der Waals surface area (Å²) in [5, 5.41) is 7.74. The summed E-state index contributed by atoms with van der Waals surface area (Å²) in [6.45, 7) is 1.97. The molecule has 0 spiro atoms. The Bertz CT molecular complexity index is 118. The molecule has 0 heterocycles. The number of nitrogens with zero attached hydrogens (tertiary/aromatic N) is 1. The lowest BCUT2D eigenvalue weighted by atomic mass is 10.9. The molecule has 0 radical (unpaired) electrons. The third kappa shape index (κ3) is 3.66. The Morgan fingerprint density at radius 1 is 1.88 bits per heavy atom. The van der Waals surface area contributed by atoms with Gasteiger partial charge in [0.15, 0.2) is 0 Å². The van der Waals surface area contributed by atoms with Crippen molar-refractivity contribution < 1.29 is 13.6 Å². The van der Waals surface area contributed by atoms with Gasteiger partial charge in [-0.1, -0.05) is 0 Å². The van der Waals surface area contributed by atoms with Crippen molar-refractivity contribution in [3.05, 3.63) is 0 Å². The number of hydrogen-bond acceptors (Lipinski definition) is 4. The molecule has 0 saturated carbocycles. The maximum absolute atomic E-state index is 10.2. The van der Waals surface area contributed by atoms with Crippen LogP contribution in [-0.4, -0.2) is 6.61 Å². The van der Waals surface area contributed by atoms with Gasteiger partial charge in [-0.15, -0.1) is 5.26 Å². The largest absolute Gasteiger partial charge is 0.377 e. The Hall–Kier alpha value is -0.520. The SMILES string of the molecule is CCO[PH](=O)OC#N. The van der Waals surface area contributed by atoms with E-state index in [2.05, 4.69) is 9.05 Å². The second kappa shape index (κ2) is 4.63. The van der Waals surface area contributed by atoms with Gasteiger partial charge in [0.2, 0.25) is 0 Å². The van der Waals surface area contributed by atoms with Crippen LogP contribution in [0.5, 0.6) is 0 Å². The van der Waals surface area contributed by atoms with E-state index in [0.717, 1.165) is 0 Å². The predicted octanol–water partition coefficient (Wildman–Crippen LogP) is 0.910. The molecule has 0 N–H and O–H groups in total. The van der Waals surface area contributed by atoms with Gasteiger partial charge in [-0.3, -0.25) is 0 Å². The first-order chi connectivity index (χ1) is 3.81. The lowest BCUT2D eigenvalue weighted by Gasteiger charge is -1.92. The van der Waals surface area contributed by atoms with Crippen molar-refractivity contribution in [2.24, 2.45) is 0 Å². The van der Waals surface area contributed by atoms with Crippen LogP contribution in [-0.2, 0) is 13.6 Å². The van der Waals surface area contributed by atoms with Crippen molar-refractivity contribution in [3.8, 4) is 6.26 Å². The summed E-state index contributed by atoms with van der Waals surface area (Å²) < 4.78 is 18.5. The van der Waals surface area contributed by atoms with Crippen LogP contribution in [0.15, 0.2) is 0 Å². The first kappa shape index (κ1) is 7.48. The van der Waals surface area contributed by atoms with E-state index in [1.54, 1.807) is 6.92 Å². The van der Waals surface area contributed by atoms with Crippen LogP contribution >= 0.6 is 8.25 Å². The molecule has 0 bridgehead atoms. The average molecular weight is 135 g/mol. The fraction of sp³-hybridized carbons (Fsp3) is 0.667. The van der Waals surface area contributed by atoms with E-state index in [4.69, 9.17) is 5.26 Å². The highest BCUT2D eigenvalue weighted by Gasteiger charge is 1.92. The van der Waals surface area contributed by atoms with Gasteiger partial charge in [0.05, 0.1) is 6.61 Å². The fourth-order valence-corrected chi connectivity index (χ4v) is 0.554. The Morgan fingerprint density at radius 2 is 2.50 bits per heavy atom. The second-order valence-corrected chi connectivity index (χ2v) is 1.87. The Labute approximate surface area is 48.0 Å². The lowest BCUT2D eigenvalue weighted by molar-refractivity contribution is 0.291. The van der Waals surface area contributed by atoms with Gasteiger partial charge < -0.3 is 9.05 Å². The summed E-state index contributed by atoms with van der Waals surface area (Å²) in [6, 6.07) is 0. The molecule has 8 heavy (non-hydrogen) atoms. The van der Waals surface area contributed by atoms with E-state index in [1.165, 1.54) is 6.26 Å². The zero-order valence-corrected chi connectivity index (χ0v) is 5.38. The molecule has 5 heteroatoms. The summed E-state index contributed by atoms with van der Waals surface area (Å²) in [6.07, 6.45) is 1.26. The molecule has 0 saturated heterocycles. The van der Waals surface area contributed by atoms with Gasteiger partial charge in [-0.25, -0.2) is 4.57 Å². The summed E-state index contributed by atoms with van der Waals surface area (Å²) in [5.74, 6) is 0. The topological polar surface area (TPSA) is 59.3 Å². The summed E-state index contributed by atoms with van der Waals surface area (Å²) >= 11 is 0. The molecule has 0 rings (SSSR count). The molecule has 0 aliphatic rings. The third-order valence-corrected chi connectivity index (χ3v) is 1.17. The molecule has 0 aromatic heterocycles. The fourth-order valence-electron chi connectivity index (χ4n) is 0.185.